The summed E-state index contributed by atoms with van der Waals surface area (Å²) in [5.74, 6) is -0.901. The molecule has 7 nitrogen and oxygen atoms in total. The Morgan fingerprint density at radius 3 is 2.19 bits per heavy atom. The summed E-state index contributed by atoms with van der Waals surface area (Å²) in [5, 5.41) is 4.19. The van der Waals surface area contributed by atoms with Gasteiger partial charge in [-0.05, 0) is 54.3 Å². The van der Waals surface area contributed by atoms with Crippen LogP contribution in [0.4, 0.5) is 5.69 Å². The zero-order chi connectivity index (χ0) is 31.1. The second-order valence-electron chi connectivity index (χ2n) is 10.7. The molecule has 0 spiro atoms. The molecule has 1 N–H and O–H groups in total. The van der Waals surface area contributed by atoms with Gasteiger partial charge in [-0.25, -0.2) is 8.42 Å². The van der Waals surface area contributed by atoms with Crippen molar-refractivity contribution in [2.45, 2.75) is 57.2 Å². The molecule has 1 saturated carbocycles. The highest BCUT2D eigenvalue weighted by molar-refractivity contribution is 7.92. The zero-order valence-corrected chi connectivity index (χ0v) is 27.5. The predicted molar refractivity (Wildman–Crippen MR) is 175 cm³/mol. The van der Waals surface area contributed by atoms with Crippen molar-refractivity contribution >= 4 is 73.9 Å². The number of carbonyl (C=O) groups is 2. The number of hydrogen-bond acceptors (Lipinski definition) is 4. The Bertz CT molecular complexity index is 1550. The van der Waals surface area contributed by atoms with Crippen molar-refractivity contribution in [3.05, 3.63) is 97.9 Å². The van der Waals surface area contributed by atoms with Gasteiger partial charge in [0.25, 0.3) is 0 Å². The van der Waals surface area contributed by atoms with Crippen molar-refractivity contribution in [2.75, 3.05) is 17.1 Å². The van der Waals surface area contributed by atoms with Crippen LogP contribution >= 0.6 is 46.4 Å². The van der Waals surface area contributed by atoms with Gasteiger partial charge in [0.05, 0.1) is 27.0 Å². The molecule has 0 saturated heterocycles. The Balaban J connectivity index is 1.75. The highest BCUT2D eigenvalue weighted by Crippen LogP contribution is 2.31. The number of sulfonamides is 1. The summed E-state index contributed by atoms with van der Waals surface area (Å²) in [5.41, 5.74) is 1.57. The molecule has 1 aliphatic rings. The summed E-state index contributed by atoms with van der Waals surface area (Å²) in [6, 6.07) is 17.7. The number of rotatable bonds is 11. The molecule has 3 aromatic carbocycles. The lowest BCUT2D eigenvalue weighted by Gasteiger charge is -2.35. The molecule has 3 aromatic rings. The monoisotopic (exact) mass is 683 g/mol. The summed E-state index contributed by atoms with van der Waals surface area (Å²) in [7, 11) is -3.98. The molecule has 0 aliphatic heterocycles. The maximum absolute atomic E-state index is 14.2. The predicted octanol–water partition coefficient (Wildman–Crippen LogP) is 7.16. The first-order valence-corrected chi connectivity index (χ1v) is 17.3. The van der Waals surface area contributed by atoms with Crippen molar-refractivity contribution in [3.8, 4) is 0 Å². The average molecular weight is 686 g/mol. The van der Waals surface area contributed by atoms with E-state index in [9.17, 15) is 18.0 Å². The molecule has 4 rings (SSSR count). The standard InChI is InChI=1S/C31H33Cl4N3O4S/c1-43(41,42)38(28-15-13-23(32)18-27(28)35)20-30(39)37(19-22-12-14-25(33)26(34)16-22)29(17-21-8-4-2-5-9-21)31(40)36-24-10-6-3-7-11-24/h2,4-5,8-9,12-16,18,24,29H,3,6-7,10-11,17,19-20H2,1H3,(H,36,40)/t29-/m1/s1. The number of hydrogen-bond donors (Lipinski definition) is 1. The SMILES string of the molecule is CS(=O)(=O)N(CC(=O)N(Cc1ccc(Cl)c(Cl)c1)[C@H](Cc1ccccc1)C(=O)NC1CCCCC1)c1ccc(Cl)cc1Cl. The number of benzene rings is 3. The van der Waals surface area contributed by atoms with E-state index in [1.165, 1.54) is 23.1 Å². The third-order valence-electron chi connectivity index (χ3n) is 7.42. The van der Waals surface area contributed by atoms with E-state index >= 15 is 0 Å². The fourth-order valence-electron chi connectivity index (χ4n) is 5.21. The smallest absolute Gasteiger partial charge is 0.244 e. The summed E-state index contributed by atoms with van der Waals surface area (Å²) >= 11 is 24.9. The molecule has 12 heteroatoms. The summed E-state index contributed by atoms with van der Waals surface area (Å²) < 4.78 is 26.9. The van der Waals surface area contributed by atoms with E-state index in [0.717, 1.165) is 48.2 Å². The Kier molecular flexibility index (Phi) is 11.6. The largest absolute Gasteiger partial charge is 0.352 e. The van der Waals surface area contributed by atoms with Crippen LogP contribution in [0.3, 0.4) is 0 Å². The van der Waals surface area contributed by atoms with Gasteiger partial charge in [-0.3, -0.25) is 13.9 Å². The van der Waals surface area contributed by atoms with Crippen LogP contribution in [-0.4, -0.2) is 50.0 Å². The molecule has 0 unspecified atom stereocenters. The molecule has 1 aliphatic carbocycles. The molecule has 0 heterocycles. The maximum Gasteiger partial charge on any atom is 0.244 e. The minimum Gasteiger partial charge on any atom is -0.352 e. The third-order valence-corrected chi connectivity index (χ3v) is 9.82. The fourth-order valence-corrected chi connectivity index (χ4v) is 6.95. The van der Waals surface area contributed by atoms with Crippen LogP contribution < -0.4 is 9.62 Å². The van der Waals surface area contributed by atoms with Gasteiger partial charge in [-0.2, -0.15) is 0 Å². The van der Waals surface area contributed by atoms with E-state index in [4.69, 9.17) is 46.4 Å². The quantitative estimate of drug-likeness (QED) is 0.232. The third kappa shape index (κ3) is 9.25. The molecule has 0 aromatic heterocycles. The van der Waals surface area contributed by atoms with Crippen molar-refractivity contribution in [1.29, 1.82) is 0 Å². The number of halogens is 4. The van der Waals surface area contributed by atoms with Crippen molar-refractivity contribution in [1.82, 2.24) is 10.2 Å². The first-order valence-electron chi connectivity index (χ1n) is 13.9. The number of amides is 2. The Labute approximate surface area is 273 Å². The van der Waals surface area contributed by atoms with E-state index in [2.05, 4.69) is 5.32 Å². The molecular formula is C31H33Cl4N3O4S. The van der Waals surface area contributed by atoms with Gasteiger partial charge < -0.3 is 10.2 Å². The van der Waals surface area contributed by atoms with Crippen LogP contribution in [-0.2, 0) is 32.6 Å². The molecule has 1 atom stereocenters. The molecule has 0 bridgehead atoms. The number of anilines is 1. The van der Waals surface area contributed by atoms with E-state index in [1.807, 2.05) is 30.3 Å². The van der Waals surface area contributed by atoms with E-state index < -0.39 is 28.5 Å². The second kappa shape index (κ2) is 15.0. The van der Waals surface area contributed by atoms with Gasteiger partial charge in [-0.15, -0.1) is 0 Å². The van der Waals surface area contributed by atoms with E-state index in [-0.39, 0.29) is 35.6 Å². The second-order valence-corrected chi connectivity index (χ2v) is 14.2. The highest BCUT2D eigenvalue weighted by atomic mass is 35.5. The maximum atomic E-state index is 14.2. The molecule has 230 valence electrons. The van der Waals surface area contributed by atoms with Crippen LogP contribution in [0.15, 0.2) is 66.7 Å². The van der Waals surface area contributed by atoms with Crippen molar-refractivity contribution < 1.29 is 18.0 Å². The van der Waals surface area contributed by atoms with Gasteiger partial charge in [0.1, 0.15) is 12.6 Å². The molecule has 43 heavy (non-hydrogen) atoms. The van der Waals surface area contributed by atoms with E-state index in [0.29, 0.717) is 20.6 Å². The summed E-state index contributed by atoms with van der Waals surface area (Å²) in [6.07, 6.45) is 6.09. The lowest BCUT2D eigenvalue weighted by atomic mass is 9.94. The van der Waals surface area contributed by atoms with Gasteiger partial charge in [0.2, 0.25) is 21.8 Å². The minimum absolute atomic E-state index is 0.00171. The topological polar surface area (TPSA) is 86.8 Å². The molecular weight excluding hydrogens is 652 g/mol. The Hall–Kier alpha value is -2.49. The molecule has 1 fully saturated rings. The van der Waals surface area contributed by atoms with Crippen molar-refractivity contribution in [2.24, 2.45) is 0 Å². The van der Waals surface area contributed by atoms with E-state index in [1.54, 1.807) is 18.2 Å². The Morgan fingerprint density at radius 1 is 0.860 bits per heavy atom. The van der Waals surface area contributed by atoms with Gasteiger partial charge >= 0.3 is 0 Å². The highest BCUT2D eigenvalue weighted by Gasteiger charge is 2.34. The lowest BCUT2D eigenvalue weighted by Crippen LogP contribution is -2.55. The van der Waals surface area contributed by atoms with Crippen LogP contribution in [0.5, 0.6) is 0 Å². The lowest BCUT2D eigenvalue weighted by molar-refractivity contribution is -0.140. The number of nitrogens with zero attached hydrogens (tertiary/aromatic N) is 2. The zero-order valence-electron chi connectivity index (χ0n) is 23.6. The average Bonchev–Trinajstić information content (AvgIpc) is 2.96. The van der Waals surface area contributed by atoms with Crippen LogP contribution in [0.2, 0.25) is 20.1 Å². The van der Waals surface area contributed by atoms with Crippen LogP contribution in [0.1, 0.15) is 43.2 Å². The van der Waals surface area contributed by atoms with Gasteiger partial charge in [-0.1, -0.05) is 102 Å². The Morgan fingerprint density at radius 2 is 1.56 bits per heavy atom. The van der Waals surface area contributed by atoms with Gasteiger partial charge in [0, 0.05) is 24.0 Å². The van der Waals surface area contributed by atoms with Crippen LogP contribution in [0.25, 0.3) is 0 Å². The molecule has 2 amide bonds. The first-order chi connectivity index (χ1) is 20.4. The first kappa shape index (κ1) is 33.4. The normalized spacial score (nSPS) is 14.6. The number of nitrogens with one attached hydrogen (secondary N) is 1. The minimum atomic E-state index is -3.98. The van der Waals surface area contributed by atoms with Gasteiger partial charge in [0.15, 0.2) is 0 Å². The number of carbonyl (C=O) groups excluding carboxylic acids is 2. The van der Waals surface area contributed by atoms with Crippen molar-refractivity contribution in [3.63, 3.8) is 0 Å². The summed E-state index contributed by atoms with van der Waals surface area (Å²) in [6.45, 7) is -0.610. The van der Waals surface area contributed by atoms with Crippen LogP contribution in [0, 0.1) is 0 Å². The summed E-state index contributed by atoms with van der Waals surface area (Å²) in [4.78, 5) is 29.7. The fraction of sp³-hybridized carbons (Fsp3) is 0.355. The molecule has 0 radical (unpaired) electrons.